The van der Waals surface area contributed by atoms with Gasteiger partial charge in [0.05, 0.1) is 21.4 Å². The van der Waals surface area contributed by atoms with Gasteiger partial charge in [-0.3, -0.25) is 0 Å². The number of rotatable bonds is 5. The first-order valence-corrected chi connectivity index (χ1v) is 13.7. The molecule has 4 rings (SSSR count). The van der Waals surface area contributed by atoms with Gasteiger partial charge in [0.15, 0.2) is 14.7 Å². The van der Waals surface area contributed by atoms with Crippen molar-refractivity contribution in [2.75, 3.05) is 0 Å². The summed E-state index contributed by atoms with van der Waals surface area (Å²) in [5.74, 6) is 0.573. The lowest BCUT2D eigenvalue weighted by Gasteiger charge is -2.09. The van der Waals surface area contributed by atoms with E-state index in [1.165, 1.54) is 20.2 Å². The summed E-state index contributed by atoms with van der Waals surface area (Å²) in [7, 11) is -4.72. The zero-order valence-corrected chi connectivity index (χ0v) is 21.3. The first-order chi connectivity index (χ1) is 17.0. The van der Waals surface area contributed by atoms with Crippen molar-refractivity contribution >= 4 is 21.0 Å². The predicted octanol–water partition coefficient (Wildman–Crippen LogP) is 7.51. The average Bonchev–Trinajstić information content (AvgIpc) is 2.85. The Morgan fingerprint density at radius 3 is 1.44 bits per heavy atom. The molecule has 0 fully saturated rings. The molecule has 0 radical (unpaired) electrons. The highest BCUT2D eigenvalue weighted by atomic mass is 32.2. The Bertz CT molecular complexity index is 1300. The molecule has 0 aliphatic heterocycles. The molecule has 0 aliphatic rings. The van der Waals surface area contributed by atoms with E-state index in [-0.39, 0.29) is 10.9 Å². The van der Waals surface area contributed by atoms with Crippen molar-refractivity contribution in [1.82, 2.24) is 0 Å². The van der Waals surface area contributed by atoms with Crippen LogP contribution in [0.1, 0.15) is 30.9 Å². The predicted molar refractivity (Wildman–Crippen MR) is 135 cm³/mol. The van der Waals surface area contributed by atoms with Gasteiger partial charge in [0.1, 0.15) is 10.1 Å². The van der Waals surface area contributed by atoms with Crippen molar-refractivity contribution in [2.24, 2.45) is 0 Å². The van der Waals surface area contributed by atoms with Crippen LogP contribution in [0.2, 0.25) is 0 Å². The summed E-state index contributed by atoms with van der Waals surface area (Å²) in [6, 6.07) is 33.1. The topological polar surface area (TPSA) is 57.2 Å². The molecule has 0 spiro atoms. The second kappa shape index (κ2) is 11.8. The summed E-state index contributed by atoms with van der Waals surface area (Å²) in [6.07, 6.45) is -4.54. The highest BCUT2D eigenvalue weighted by molar-refractivity contribution is 7.97. The van der Waals surface area contributed by atoms with E-state index in [1.807, 2.05) is 0 Å². The van der Waals surface area contributed by atoms with Gasteiger partial charge in [0.25, 0.3) is 0 Å². The van der Waals surface area contributed by atoms with Crippen LogP contribution in [0.5, 0.6) is 0 Å². The van der Waals surface area contributed by atoms with Gasteiger partial charge in [-0.15, -0.1) is 0 Å². The quantitative estimate of drug-likeness (QED) is 0.198. The van der Waals surface area contributed by atoms with Crippen LogP contribution < -0.4 is 0 Å². The number of benzene rings is 4. The second-order valence-corrected chi connectivity index (χ2v) is 11.5. The first-order valence-electron chi connectivity index (χ1n) is 11.0. The van der Waals surface area contributed by atoms with Crippen LogP contribution in [0.3, 0.4) is 0 Å². The molecule has 0 aromatic heterocycles. The van der Waals surface area contributed by atoms with Crippen molar-refractivity contribution in [2.45, 2.75) is 45.5 Å². The summed E-state index contributed by atoms with van der Waals surface area (Å²) in [4.78, 5) is 3.43. The summed E-state index contributed by atoms with van der Waals surface area (Å²) in [5.41, 5.74) is 0.401. The largest absolute Gasteiger partial charge is 0.744 e. The zero-order valence-electron chi connectivity index (χ0n) is 19.6. The Balaban J connectivity index is 0.000000223. The Hall–Kier alpha value is -3.07. The molecule has 0 aliphatic carbocycles. The van der Waals surface area contributed by atoms with Gasteiger partial charge < -0.3 is 4.55 Å². The molecule has 0 saturated heterocycles. The molecule has 0 N–H and O–H groups in total. The van der Waals surface area contributed by atoms with Crippen molar-refractivity contribution in [3.63, 3.8) is 0 Å². The molecule has 0 bridgehead atoms. The molecule has 0 heterocycles. The summed E-state index contributed by atoms with van der Waals surface area (Å²) < 4.78 is 67.0. The van der Waals surface area contributed by atoms with Crippen LogP contribution in [0.4, 0.5) is 13.2 Å². The van der Waals surface area contributed by atoms with Gasteiger partial charge in [-0.2, -0.15) is 13.2 Å². The highest BCUT2D eigenvalue weighted by Crippen LogP contribution is 2.32. The van der Waals surface area contributed by atoms with E-state index >= 15 is 0 Å². The van der Waals surface area contributed by atoms with Crippen LogP contribution in [0, 0.1) is 0 Å². The average molecular weight is 531 g/mol. The Labute approximate surface area is 212 Å². The Kier molecular flexibility index (Phi) is 9.00. The monoisotopic (exact) mass is 530 g/mol. The third-order valence-corrected chi connectivity index (χ3v) is 8.29. The molecule has 188 valence electrons. The van der Waals surface area contributed by atoms with Gasteiger partial charge in [0.2, 0.25) is 0 Å². The van der Waals surface area contributed by atoms with E-state index in [9.17, 15) is 26.1 Å². The van der Waals surface area contributed by atoms with Crippen LogP contribution in [0.15, 0.2) is 129 Å². The Morgan fingerprint density at radius 2 is 1.08 bits per heavy atom. The standard InChI is InChI=1S/C21H21S.C7H5F3O3S/c1-17(2)18-13-15-21(16-14-18)22(19-9-5-3-6-10-19)20-11-7-4-8-12-20;8-7(9,10)5-1-3-6(4-2-5)14(11,12)13/h3-17H,1-2H3;1-4H,(H,11,12,13)/q+1;/p-1. The molecule has 8 heteroatoms. The van der Waals surface area contributed by atoms with Crippen molar-refractivity contribution < 1.29 is 26.1 Å². The minimum atomic E-state index is -4.68. The number of hydrogen-bond donors (Lipinski definition) is 0. The maximum atomic E-state index is 12.0. The maximum Gasteiger partial charge on any atom is 0.416 e. The van der Waals surface area contributed by atoms with E-state index in [2.05, 4.69) is 98.8 Å². The summed E-state index contributed by atoms with van der Waals surface area (Å²) >= 11 is 0. The third-order valence-electron chi connectivity index (χ3n) is 5.21. The molecule has 4 aromatic rings. The van der Waals surface area contributed by atoms with E-state index < -0.39 is 26.8 Å². The van der Waals surface area contributed by atoms with E-state index in [0.717, 1.165) is 0 Å². The molecule has 0 atom stereocenters. The lowest BCUT2D eigenvalue weighted by molar-refractivity contribution is -0.137. The highest BCUT2D eigenvalue weighted by Gasteiger charge is 2.30. The number of alkyl halides is 3. The molecule has 3 nitrogen and oxygen atoms in total. The summed E-state index contributed by atoms with van der Waals surface area (Å²) in [5, 5.41) is 0. The minimum Gasteiger partial charge on any atom is -0.744 e. The lowest BCUT2D eigenvalue weighted by atomic mass is 10.0. The molecule has 0 unspecified atom stereocenters. The molecule has 4 aromatic carbocycles. The fourth-order valence-corrected chi connectivity index (χ4v) is 5.87. The maximum absolute atomic E-state index is 12.0. The van der Waals surface area contributed by atoms with Gasteiger partial charge in [0, 0.05) is 0 Å². The smallest absolute Gasteiger partial charge is 0.416 e. The van der Waals surface area contributed by atoms with Crippen LogP contribution in [-0.4, -0.2) is 13.0 Å². The molecular formula is C28H25F3O3S2. The zero-order chi connectivity index (χ0) is 26.3. The van der Waals surface area contributed by atoms with Crippen LogP contribution >= 0.6 is 0 Å². The molecule has 36 heavy (non-hydrogen) atoms. The minimum absolute atomic E-state index is 0.0361. The van der Waals surface area contributed by atoms with Crippen molar-refractivity contribution in [3.05, 3.63) is 120 Å². The SMILES string of the molecule is CC(C)c1ccc([S+](c2ccccc2)c2ccccc2)cc1.O=S(=O)([O-])c1ccc(C(F)(F)F)cc1. The fourth-order valence-electron chi connectivity index (χ4n) is 3.32. The lowest BCUT2D eigenvalue weighted by Crippen LogP contribution is -2.05. The number of halogens is 3. The summed E-state index contributed by atoms with van der Waals surface area (Å²) in [6.45, 7) is 4.48. The van der Waals surface area contributed by atoms with E-state index in [4.69, 9.17) is 0 Å². The van der Waals surface area contributed by atoms with Crippen molar-refractivity contribution in [3.8, 4) is 0 Å². The van der Waals surface area contributed by atoms with Gasteiger partial charge >= 0.3 is 6.18 Å². The fraction of sp³-hybridized carbons (Fsp3) is 0.143. The van der Waals surface area contributed by atoms with Crippen molar-refractivity contribution in [1.29, 1.82) is 0 Å². The van der Waals surface area contributed by atoms with Gasteiger partial charge in [-0.05, 0) is 72.1 Å². The molecule has 0 amide bonds. The van der Waals surface area contributed by atoms with Gasteiger partial charge in [-0.1, -0.05) is 62.4 Å². The second-order valence-electron chi connectivity index (χ2n) is 8.13. The first kappa shape index (κ1) is 27.5. The normalized spacial score (nSPS) is 11.8. The van der Waals surface area contributed by atoms with Gasteiger partial charge in [-0.25, -0.2) is 8.42 Å². The van der Waals surface area contributed by atoms with Crippen LogP contribution in [-0.2, 0) is 27.2 Å². The third kappa shape index (κ3) is 7.46. The Morgan fingerprint density at radius 1 is 0.667 bits per heavy atom. The van der Waals surface area contributed by atoms with E-state index in [1.54, 1.807) is 0 Å². The van der Waals surface area contributed by atoms with Crippen LogP contribution in [0.25, 0.3) is 0 Å². The molecular weight excluding hydrogens is 505 g/mol. The van der Waals surface area contributed by atoms with E-state index in [0.29, 0.717) is 30.2 Å². The number of hydrogen-bond acceptors (Lipinski definition) is 3. The molecule has 0 saturated carbocycles.